The van der Waals surface area contributed by atoms with Gasteiger partial charge in [-0.1, -0.05) is 42.0 Å². The molecule has 2 amide bonds. The summed E-state index contributed by atoms with van der Waals surface area (Å²) in [4.78, 5) is 40.2. The second-order valence-electron chi connectivity index (χ2n) is 7.28. The zero-order valence-electron chi connectivity index (χ0n) is 13.8. The van der Waals surface area contributed by atoms with E-state index >= 15 is 0 Å². The molecular weight excluding hydrogens is 314 g/mol. The maximum Gasteiger partial charge on any atom is 0.238 e. The molecule has 2 aromatic rings. The lowest BCUT2D eigenvalue weighted by molar-refractivity contribution is -0.134. The van der Waals surface area contributed by atoms with Gasteiger partial charge in [-0.3, -0.25) is 19.3 Å². The number of rotatable bonds is 1. The Kier molecular flexibility index (Phi) is 2.85. The Hall–Kier alpha value is -2.75. The van der Waals surface area contributed by atoms with Crippen molar-refractivity contribution in [3.63, 3.8) is 0 Å². The average molecular weight is 331 g/mol. The molecule has 0 radical (unpaired) electrons. The highest BCUT2D eigenvalue weighted by Crippen LogP contribution is 2.57. The lowest BCUT2D eigenvalue weighted by atomic mass is 9.56. The van der Waals surface area contributed by atoms with Gasteiger partial charge in [0.15, 0.2) is 0 Å². The highest BCUT2D eigenvalue weighted by Gasteiger charge is 2.62. The van der Waals surface area contributed by atoms with Crippen LogP contribution in [-0.2, 0) is 14.4 Å². The first-order valence-electron chi connectivity index (χ1n) is 8.64. The van der Waals surface area contributed by atoms with Crippen LogP contribution in [0.4, 0.5) is 5.69 Å². The molecule has 0 unspecified atom stereocenters. The summed E-state index contributed by atoms with van der Waals surface area (Å²) in [7, 11) is 0. The standard InChI is InChI=1S/C21H17NO3/c1-11-6-8-12(9-7-11)22-20(24)18-15-10-16(23)17(19(18)21(22)25)14-5-3-2-4-13(14)15/h2-9,15,17-19H,10H2,1H3/t15-,17-,18+,19-/m0/s1. The minimum absolute atomic E-state index is 0.0943. The quantitative estimate of drug-likeness (QED) is 0.755. The van der Waals surface area contributed by atoms with Crippen LogP contribution >= 0.6 is 0 Å². The number of anilines is 1. The fraction of sp³-hybridized carbons (Fsp3) is 0.286. The number of fused-ring (bicyclic) bond motifs is 1. The average Bonchev–Trinajstić information content (AvgIpc) is 2.88. The lowest BCUT2D eigenvalue weighted by Crippen LogP contribution is -2.44. The fourth-order valence-electron chi connectivity index (χ4n) is 4.91. The molecule has 4 nitrogen and oxygen atoms in total. The van der Waals surface area contributed by atoms with Crippen molar-refractivity contribution in [1.29, 1.82) is 0 Å². The molecule has 25 heavy (non-hydrogen) atoms. The van der Waals surface area contributed by atoms with Crippen LogP contribution in [0.2, 0.25) is 0 Å². The van der Waals surface area contributed by atoms with Crippen LogP contribution in [0.5, 0.6) is 0 Å². The van der Waals surface area contributed by atoms with E-state index in [1.54, 1.807) is 12.1 Å². The first-order chi connectivity index (χ1) is 12.1. The Morgan fingerprint density at radius 2 is 1.48 bits per heavy atom. The molecule has 0 spiro atoms. The molecule has 4 aliphatic rings. The predicted molar refractivity (Wildman–Crippen MR) is 92.2 cm³/mol. The van der Waals surface area contributed by atoms with Crippen molar-refractivity contribution < 1.29 is 14.4 Å². The first-order valence-corrected chi connectivity index (χ1v) is 8.64. The van der Waals surface area contributed by atoms with E-state index in [1.165, 1.54) is 4.90 Å². The first kappa shape index (κ1) is 14.6. The molecular formula is C21H17NO3. The summed E-state index contributed by atoms with van der Waals surface area (Å²) in [6.45, 7) is 1.96. The van der Waals surface area contributed by atoms with Crippen LogP contribution in [0.15, 0.2) is 48.5 Å². The molecule has 0 aromatic heterocycles. The normalized spacial score (nSPS) is 29.8. The van der Waals surface area contributed by atoms with E-state index in [1.807, 2.05) is 43.3 Å². The van der Waals surface area contributed by atoms with Gasteiger partial charge in [-0.15, -0.1) is 0 Å². The predicted octanol–water partition coefficient (Wildman–Crippen LogP) is 2.95. The number of imide groups is 1. The number of Topliss-reactive ketones (excluding diaryl/α,β-unsaturated/α-hetero) is 1. The zero-order valence-corrected chi connectivity index (χ0v) is 13.8. The molecule has 1 saturated carbocycles. The Bertz CT molecular complexity index is 930. The molecule has 4 heteroatoms. The summed E-state index contributed by atoms with van der Waals surface area (Å²) < 4.78 is 0. The van der Waals surface area contributed by atoms with Crippen molar-refractivity contribution in [3.05, 3.63) is 65.2 Å². The van der Waals surface area contributed by atoms with Crippen LogP contribution in [0.1, 0.15) is 34.9 Å². The number of carbonyl (C=O) groups excluding carboxylic acids is 3. The Morgan fingerprint density at radius 3 is 2.20 bits per heavy atom. The molecule has 3 aliphatic carbocycles. The number of carbonyl (C=O) groups is 3. The largest absolute Gasteiger partial charge is 0.299 e. The van der Waals surface area contributed by atoms with E-state index in [0.717, 1.165) is 16.7 Å². The SMILES string of the molecule is Cc1ccc(N2C(=O)[C@@H]3[C@H](C2=O)[C@H]2CC(=O)[C@@H]3c3ccccc32)cc1. The van der Waals surface area contributed by atoms with Crippen LogP contribution < -0.4 is 4.90 Å². The molecule has 1 heterocycles. The van der Waals surface area contributed by atoms with Crippen LogP contribution in [0.3, 0.4) is 0 Å². The smallest absolute Gasteiger partial charge is 0.238 e. The summed E-state index contributed by atoms with van der Waals surface area (Å²) in [5.41, 5.74) is 3.69. The van der Waals surface area contributed by atoms with Gasteiger partial charge in [0, 0.05) is 12.3 Å². The zero-order chi connectivity index (χ0) is 17.3. The summed E-state index contributed by atoms with van der Waals surface area (Å²) in [6.07, 6.45) is 0.365. The number of benzene rings is 2. The van der Waals surface area contributed by atoms with Gasteiger partial charge in [-0.05, 0) is 30.2 Å². The van der Waals surface area contributed by atoms with Gasteiger partial charge in [0.2, 0.25) is 11.8 Å². The number of hydrogen-bond acceptors (Lipinski definition) is 3. The maximum atomic E-state index is 13.1. The Labute approximate surface area is 145 Å². The molecule has 1 saturated heterocycles. The topological polar surface area (TPSA) is 54.5 Å². The van der Waals surface area contributed by atoms with E-state index in [9.17, 15) is 14.4 Å². The molecule has 2 bridgehead atoms. The van der Waals surface area contributed by atoms with Crippen molar-refractivity contribution in [2.45, 2.75) is 25.2 Å². The van der Waals surface area contributed by atoms with Gasteiger partial charge >= 0.3 is 0 Å². The van der Waals surface area contributed by atoms with Crippen molar-refractivity contribution >= 4 is 23.3 Å². The number of aryl methyl sites for hydroxylation is 1. The molecule has 2 fully saturated rings. The highest BCUT2D eigenvalue weighted by molar-refractivity contribution is 6.24. The molecule has 2 aromatic carbocycles. The summed E-state index contributed by atoms with van der Waals surface area (Å²) in [5.74, 6) is -1.89. The molecule has 0 N–H and O–H groups in total. The number of hydrogen-bond donors (Lipinski definition) is 0. The Morgan fingerprint density at radius 1 is 0.840 bits per heavy atom. The lowest BCUT2D eigenvalue weighted by Gasteiger charge is -2.43. The highest BCUT2D eigenvalue weighted by atomic mass is 16.2. The molecule has 124 valence electrons. The van der Waals surface area contributed by atoms with Gasteiger partial charge in [0.1, 0.15) is 5.78 Å². The molecule has 4 atom stereocenters. The third-order valence-electron chi connectivity index (χ3n) is 5.98. The number of amides is 2. The molecule has 6 rings (SSSR count). The third-order valence-corrected chi connectivity index (χ3v) is 5.98. The summed E-state index contributed by atoms with van der Waals surface area (Å²) in [6, 6.07) is 15.2. The van der Waals surface area contributed by atoms with Crippen molar-refractivity contribution in [3.8, 4) is 0 Å². The van der Waals surface area contributed by atoms with Gasteiger partial charge in [0.25, 0.3) is 0 Å². The van der Waals surface area contributed by atoms with Crippen LogP contribution in [0, 0.1) is 18.8 Å². The van der Waals surface area contributed by atoms with Crippen molar-refractivity contribution in [2.24, 2.45) is 11.8 Å². The number of nitrogens with zero attached hydrogens (tertiary/aromatic N) is 1. The van der Waals surface area contributed by atoms with Crippen molar-refractivity contribution in [2.75, 3.05) is 4.90 Å². The van der Waals surface area contributed by atoms with E-state index in [-0.39, 0.29) is 23.5 Å². The van der Waals surface area contributed by atoms with Gasteiger partial charge in [-0.25, -0.2) is 0 Å². The van der Waals surface area contributed by atoms with Gasteiger partial charge in [0.05, 0.1) is 23.4 Å². The number of ketones is 1. The summed E-state index contributed by atoms with van der Waals surface area (Å²) >= 11 is 0. The van der Waals surface area contributed by atoms with Crippen LogP contribution in [0.25, 0.3) is 0 Å². The molecule has 1 aliphatic heterocycles. The van der Waals surface area contributed by atoms with Crippen molar-refractivity contribution in [1.82, 2.24) is 0 Å². The minimum Gasteiger partial charge on any atom is -0.299 e. The van der Waals surface area contributed by atoms with E-state index in [0.29, 0.717) is 12.1 Å². The van der Waals surface area contributed by atoms with Gasteiger partial charge < -0.3 is 0 Å². The van der Waals surface area contributed by atoms with E-state index in [2.05, 4.69) is 0 Å². The van der Waals surface area contributed by atoms with E-state index in [4.69, 9.17) is 0 Å². The minimum atomic E-state index is -0.546. The van der Waals surface area contributed by atoms with Gasteiger partial charge in [-0.2, -0.15) is 0 Å². The van der Waals surface area contributed by atoms with E-state index < -0.39 is 17.8 Å². The maximum absolute atomic E-state index is 13.1. The summed E-state index contributed by atoms with van der Waals surface area (Å²) in [5, 5.41) is 0. The van der Waals surface area contributed by atoms with Crippen LogP contribution in [-0.4, -0.2) is 17.6 Å². The third kappa shape index (κ3) is 1.79. The fourth-order valence-corrected chi connectivity index (χ4v) is 4.91. The monoisotopic (exact) mass is 331 g/mol. The second-order valence-corrected chi connectivity index (χ2v) is 7.28. The second kappa shape index (κ2) is 4.88. The Balaban J connectivity index is 1.65.